The highest BCUT2D eigenvalue weighted by Gasteiger charge is 2.50. The largest absolute Gasteiger partial charge is 0.328 e. The molecule has 1 N–H and O–H groups in total. The van der Waals surface area contributed by atoms with Gasteiger partial charge in [-0.3, -0.25) is 9.59 Å². The summed E-state index contributed by atoms with van der Waals surface area (Å²) in [5.74, 6) is -1.17. The summed E-state index contributed by atoms with van der Waals surface area (Å²) in [6.45, 7) is 1.83. The third-order valence-corrected chi connectivity index (χ3v) is 6.98. The predicted molar refractivity (Wildman–Crippen MR) is 111 cm³/mol. The van der Waals surface area contributed by atoms with Crippen molar-refractivity contribution in [1.82, 2.24) is 9.62 Å². The number of nitrogens with zero attached hydrogens (tertiary/aromatic N) is 2. The molecule has 0 saturated carbocycles. The molecule has 2 aromatic rings. The zero-order valence-corrected chi connectivity index (χ0v) is 18.2. The topological polar surface area (TPSA) is 107 Å². The zero-order chi connectivity index (χ0) is 22.1. The van der Waals surface area contributed by atoms with Crippen molar-refractivity contribution in [3.8, 4) is 6.07 Å². The number of nitrogens with one attached hydrogen (secondary N) is 1. The second-order valence-electron chi connectivity index (χ2n) is 7.06. The third-order valence-electron chi connectivity index (χ3n) is 5.07. The van der Waals surface area contributed by atoms with Gasteiger partial charge in [-0.15, -0.1) is 0 Å². The van der Waals surface area contributed by atoms with E-state index < -0.39 is 21.5 Å². The molecular formula is C20H17Cl2N3O4S. The van der Waals surface area contributed by atoms with Gasteiger partial charge in [0.05, 0.1) is 22.9 Å². The first kappa shape index (κ1) is 22.1. The van der Waals surface area contributed by atoms with Crippen LogP contribution in [-0.4, -0.2) is 37.2 Å². The van der Waals surface area contributed by atoms with Gasteiger partial charge in [0.15, 0.2) is 0 Å². The number of hydrogen-bond donors (Lipinski definition) is 1. The fourth-order valence-corrected chi connectivity index (χ4v) is 4.74. The number of hydrogen-bond acceptors (Lipinski definition) is 5. The van der Waals surface area contributed by atoms with Crippen LogP contribution in [0.15, 0.2) is 47.4 Å². The SMILES string of the molecule is CC1(C(=O)NS(=O)(=O)c2cccc(C#N)c2)CCN1C(=O)Cc1ccc(Cl)cc1Cl. The second kappa shape index (κ2) is 8.26. The summed E-state index contributed by atoms with van der Waals surface area (Å²) in [4.78, 5) is 26.6. The fraction of sp³-hybridized carbons (Fsp3) is 0.250. The summed E-state index contributed by atoms with van der Waals surface area (Å²) in [6.07, 6.45) is 0.266. The van der Waals surface area contributed by atoms with Crippen LogP contribution < -0.4 is 4.72 Å². The molecule has 0 aromatic heterocycles. The lowest BCUT2D eigenvalue weighted by Gasteiger charge is -2.49. The third kappa shape index (κ3) is 4.29. The molecular weight excluding hydrogens is 449 g/mol. The molecule has 1 aliphatic heterocycles. The maximum atomic E-state index is 12.8. The van der Waals surface area contributed by atoms with E-state index >= 15 is 0 Å². The molecule has 1 aliphatic rings. The standard InChI is InChI=1S/C20H17Cl2N3O4S/c1-20(19(27)24-30(28,29)16-4-2-3-13(9-16)12-23)7-8-25(20)18(26)10-14-5-6-15(21)11-17(14)22/h2-6,9,11H,7-8,10H2,1H3,(H,24,27). The summed E-state index contributed by atoms with van der Waals surface area (Å²) in [6, 6.07) is 11.9. The van der Waals surface area contributed by atoms with E-state index in [4.69, 9.17) is 28.5 Å². The van der Waals surface area contributed by atoms with E-state index in [0.717, 1.165) is 0 Å². The smallest absolute Gasteiger partial charge is 0.264 e. The summed E-state index contributed by atoms with van der Waals surface area (Å²) in [7, 11) is -4.20. The van der Waals surface area contributed by atoms with E-state index in [1.54, 1.807) is 12.1 Å². The molecule has 1 unspecified atom stereocenters. The molecule has 0 radical (unpaired) electrons. The van der Waals surface area contributed by atoms with Gasteiger partial charge in [0.1, 0.15) is 5.54 Å². The average molecular weight is 466 g/mol. The van der Waals surface area contributed by atoms with Gasteiger partial charge in [-0.2, -0.15) is 5.26 Å². The van der Waals surface area contributed by atoms with Crippen LogP contribution in [-0.2, 0) is 26.0 Å². The first-order chi connectivity index (χ1) is 14.1. The minimum absolute atomic E-state index is 0.0458. The predicted octanol–water partition coefficient (Wildman–Crippen LogP) is 2.90. The molecule has 2 aromatic carbocycles. The van der Waals surface area contributed by atoms with E-state index in [2.05, 4.69) is 0 Å². The lowest BCUT2D eigenvalue weighted by atomic mass is 9.85. The molecule has 1 atom stereocenters. The monoisotopic (exact) mass is 465 g/mol. The molecule has 1 fully saturated rings. The van der Waals surface area contributed by atoms with Gasteiger partial charge in [-0.1, -0.05) is 35.3 Å². The Labute approximate surface area is 184 Å². The van der Waals surface area contributed by atoms with E-state index in [9.17, 15) is 18.0 Å². The summed E-state index contributed by atoms with van der Waals surface area (Å²) in [5.41, 5.74) is -0.603. The van der Waals surface area contributed by atoms with Crippen molar-refractivity contribution in [1.29, 1.82) is 5.26 Å². The van der Waals surface area contributed by atoms with Crippen LogP contribution in [0.1, 0.15) is 24.5 Å². The molecule has 30 heavy (non-hydrogen) atoms. The van der Waals surface area contributed by atoms with Crippen LogP contribution in [0.25, 0.3) is 0 Å². The number of amides is 2. The van der Waals surface area contributed by atoms with Gasteiger partial charge in [0.25, 0.3) is 15.9 Å². The van der Waals surface area contributed by atoms with Crippen molar-refractivity contribution in [3.05, 3.63) is 63.6 Å². The second-order valence-corrected chi connectivity index (χ2v) is 9.58. The number of halogens is 2. The van der Waals surface area contributed by atoms with Crippen LogP contribution in [0.4, 0.5) is 0 Å². The van der Waals surface area contributed by atoms with Gasteiger partial charge in [-0.05, 0) is 49.2 Å². The van der Waals surface area contributed by atoms with Crippen LogP contribution in [0, 0.1) is 11.3 Å². The Kier molecular flexibility index (Phi) is 6.09. The van der Waals surface area contributed by atoms with Crippen LogP contribution in [0.2, 0.25) is 10.0 Å². The summed E-state index contributed by atoms with van der Waals surface area (Å²) in [5, 5.41) is 9.72. The fourth-order valence-electron chi connectivity index (χ4n) is 3.14. The highest BCUT2D eigenvalue weighted by atomic mass is 35.5. The molecule has 0 spiro atoms. The Morgan fingerprint density at radius 3 is 2.57 bits per heavy atom. The van der Waals surface area contributed by atoms with Gasteiger partial charge >= 0.3 is 0 Å². The van der Waals surface area contributed by atoms with E-state index in [1.807, 2.05) is 10.8 Å². The molecule has 7 nitrogen and oxygen atoms in total. The Morgan fingerprint density at radius 2 is 1.97 bits per heavy atom. The van der Waals surface area contributed by atoms with Crippen LogP contribution in [0.5, 0.6) is 0 Å². The lowest BCUT2D eigenvalue weighted by Crippen LogP contribution is -2.68. The van der Waals surface area contributed by atoms with Gasteiger partial charge < -0.3 is 4.90 Å². The molecule has 1 heterocycles. The maximum Gasteiger partial charge on any atom is 0.264 e. The molecule has 156 valence electrons. The maximum absolute atomic E-state index is 12.8. The Hall–Kier alpha value is -2.60. The number of nitriles is 1. The van der Waals surface area contributed by atoms with E-state index in [1.165, 1.54) is 42.2 Å². The normalized spacial score (nSPS) is 18.3. The van der Waals surface area contributed by atoms with Crippen LogP contribution in [0.3, 0.4) is 0 Å². The van der Waals surface area contributed by atoms with E-state index in [0.29, 0.717) is 28.6 Å². The highest BCUT2D eigenvalue weighted by Crippen LogP contribution is 2.32. The Bertz CT molecular complexity index is 1180. The van der Waals surface area contributed by atoms with Crippen molar-refractivity contribution in [2.75, 3.05) is 6.54 Å². The number of benzene rings is 2. The molecule has 10 heteroatoms. The zero-order valence-electron chi connectivity index (χ0n) is 15.9. The van der Waals surface area contributed by atoms with Crippen LogP contribution >= 0.6 is 23.2 Å². The summed E-state index contributed by atoms with van der Waals surface area (Å²) >= 11 is 12.0. The minimum Gasteiger partial charge on any atom is -0.328 e. The first-order valence-electron chi connectivity index (χ1n) is 8.88. The van der Waals surface area contributed by atoms with Crippen molar-refractivity contribution in [2.24, 2.45) is 0 Å². The van der Waals surface area contributed by atoms with Gasteiger partial charge in [0, 0.05) is 16.6 Å². The number of carbonyl (C=O) groups is 2. The minimum atomic E-state index is -4.20. The van der Waals surface area contributed by atoms with Crippen molar-refractivity contribution in [3.63, 3.8) is 0 Å². The van der Waals surface area contributed by atoms with Gasteiger partial charge in [0.2, 0.25) is 5.91 Å². The number of likely N-dealkylation sites (tertiary alicyclic amines) is 1. The molecule has 2 amide bonds. The molecule has 0 aliphatic carbocycles. The van der Waals surface area contributed by atoms with Crippen molar-refractivity contribution in [2.45, 2.75) is 30.2 Å². The lowest BCUT2D eigenvalue weighted by molar-refractivity contribution is -0.156. The van der Waals surface area contributed by atoms with Gasteiger partial charge in [-0.25, -0.2) is 13.1 Å². The number of sulfonamides is 1. The number of rotatable bonds is 5. The number of carbonyl (C=O) groups excluding carboxylic acids is 2. The average Bonchev–Trinajstić information content (AvgIpc) is 2.68. The molecule has 1 saturated heterocycles. The Balaban J connectivity index is 1.75. The molecule has 0 bridgehead atoms. The first-order valence-corrected chi connectivity index (χ1v) is 11.1. The van der Waals surface area contributed by atoms with Crippen molar-refractivity contribution < 1.29 is 18.0 Å². The summed E-state index contributed by atoms with van der Waals surface area (Å²) < 4.78 is 27.2. The van der Waals surface area contributed by atoms with E-state index in [-0.39, 0.29) is 22.8 Å². The quantitative estimate of drug-likeness (QED) is 0.729. The highest BCUT2D eigenvalue weighted by molar-refractivity contribution is 7.90. The van der Waals surface area contributed by atoms with Crippen molar-refractivity contribution >= 4 is 45.0 Å². The molecule has 3 rings (SSSR count). The Morgan fingerprint density at radius 1 is 1.23 bits per heavy atom.